The van der Waals surface area contributed by atoms with Crippen molar-refractivity contribution in [3.05, 3.63) is 47.7 Å². The Morgan fingerprint density at radius 2 is 2.04 bits per heavy atom. The van der Waals surface area contributed by atoms with Crippen LogP contribution in [0.1, 0.15) is 23.2 Å². The van der Waals surface area contributed by atoms with E-state index in [-0.39, 0.29) is 6.04 Å². The maximum Gasteiger partial charge on any atom is 0.251 e. The quantitative estimate of drug-likeness (QED) is 0.639. The second-order valence-electron chi connectivity index (χ2n) is 6.58. The minimum Gasteiger partial charge on any atom is -0.366 e. The molecule has 0 spiro atoms. The highest BCUT2D eigenvalue weighted by Gasteiger charge is 2.19. The summed E-state index contributed by atoms with van der Waals surface area (Å²) in [6, 6.07) is 5.39. The van der Waals surface area contributed by atoms with Crippen molar-refractivity contribution in [1.29, 1.82) is 0 Å². The van der Waals surface area contributed by atoms with Gasteiger partial charge in [0.25, 0.3) is 5.91 Å². The summed E-state index contributed by atoms with van der Waals surface area (Å²) >= 11 is 1.27. The van der Waals surface area contributed by atoms with E-state index in [0.717, 1.165) is 37.4 Å². The van der Waals surface area contributed by atoms with Crippen molar-refractivity contribution in [3.63, 3.8) is 0 Å². The van der Waals surface area contributed by atoms with E-state index in [0.29, 0.717) is 26.5 Å². The SMILES string of the molecule is NC(=O)c1cnc(N[C@H]2CCCNC2)c2cc(-c3cc(F)cc(F)c3)sc12. The molecule has 3 aromatic rings. The number of amides is 1. The summed E-state index contributed by atoms with van der Waals surface area (Å²) < 4.78 is 27.9. The minimum atomic E-state index is -0.651. The first kappa shape index (κ1) is 17.8. The molecule has 8 heteroatoms. The van der Waals surface area contributed by atoms with Gasteiger partial charge in [0, 0.05) is 35.1 Å². The van der Waals surface area contributed by atoms with Gasteiger partial charge in [0.2, 0.25) is 0 Å². The fourth-order valence-corrected chi connectivity index (χ4v) is 4.48. The van der Waals surface area contributed by atoms with Crippen molar-refractivity contribution in [3.8, 4) is 10.4 Å². The summed E-state index contributed by atoms with van der Waals surface area (Å²) in [5.41, 5.74) is 6.20. The second kappa shape index (κ2) is 7.21. The molecule has 2 aromatic heterocycles. The molecular formula is C19H18F2N4OS. The lowest BCUT2D eigenvalue weighted by atomic mass is 10.1. The molecule has 1 aliphatic heterocycles. The molecule has 0 aliphatic carbocycles. The fourth-order valence-electron chi connectivity index (χ4n) is 3.32. The third kappa shape index (κ3) is 3.63. The van der Waals surface area contributed by atoms with Gasteiger partial charge in [0.1, 0.15) is 17.5 Å². The van der Waals surface area contributed by atoms with Crippen LogP contribution in [0.15, 0.2) is 30.5 Å². The molecule has 1 fully saturated rings. The molecule has 1 atom stereocenters. The van der Waals surface area contributed by atoms with E-state index < -0.39 is 17.5 Å². The van der Waals surface area contributed by atoms with E-state index >= 15 is 0 Å². The number of carbonyl (C=O) groups is 1. The smallest absolute Gasteiger partial charge is 0.251 e. The molecule has 1 saturated heterocycles. The van der Waals surface area contributed by atoms with Crippen molar-refractivity contribution in [1.82, 2.24) is 10.3 Å². The molecule has 27 heavy (non-hydrogen) atoms. The van der Waals surface area contributed by atoms with E-state index in [1.54, 1.807) is 6.07 Å². The van der Waals surface area contributed by atoms with Crippen LogP contribution in [0.5, 0.6) is 0 Å². The molecule has 1 amide bonds. The average molecular weight is 388 g/mol. The van der Waals surface area contributed by atoms with Crippen LogP contribution in [0.4, 0.5) is 14.6 Å². The highest BCUT2D eigenvalue weighted by molar-refractivity contribution is 7.22. The fraction of sp³-hybridized carbons (Fsp3) is 0.263. The van der Waals surface area contributed by atoms with E-state index in [9.17, 15) is 13.6 Å². The van der Waals surface area contributed by atoms with Gasteiger partial charge in [0.15, 0.2) is 0 Å². The number of anilines is 1. The number of halogens is 2. The Labute approximate surface area is 158 Å². The zero-order chi connectivity index (χ0) is 19.0. The number of nitrogens with two attached hydrogens (primary N) is 1. The van der Waals surface area contributed by atoms with E-state index in [1.165, 1.54) is 29.7 Å². The van der Waals surface area contributed by atoms with Crippen molar-refractivity contribution in [2.75, 3.05) is 18.4 Å². The van der Waals surface area contributed by atoms with Gasteiger partial charge in [-0.05, 0) is 43.1 Å². The average Bonchev–Trinajstić information content (AvgIpc) is 3.07. The third-order valence-corrected chi connectivity index (χ3v) is 5.82. The van der Waals surface area contributed by atoms with Crippen LogP contribution < -0.4 is 16.4 Å². The molecule has 0 saturated carbocycles. The Morgan fingerprint density at radius 3 is 2.70 bits per heavy atom. The monoisotopic (exact) mass is 388 g/mol. The van der Waals surface area contributed by atoms with Gasteiger partial charge >= 0.3 is 0 Å². The summed E-state index contributed by atoms with van der Waals surface area (Å²) in [6.45, 7) is 1.82. The van der Waals surface area contributed by atoms with Gasteiger partial charge in [-0.25, -0.2) is 13.8 Å². The van der Waals surface area contributed by atoms with Crippen LogP contribution >= 0.6 is 11.3 Å². The number of thiophene rings is 1. The van der Waals surface area contributed by atoms with Crippen LogP contribution in [0.2, 0.25) is 0 Å². The molecule has 1 aliphatic rings. The lowest BCUT2D eigenvalue weighted by Gasteiger charge is -2.24. The largest absolute Gasteiger partial charge is 0.366 e. The Hall–Kier alpha value is -2.58. The topological polar surface area (TPSA) is 80.0 Å². The van der Waals surface area contributed by atoms with Crippen molar-refractivity contribution >= 4 is 33.1 Å². The lowest BCUT2D eigenvalue weighted by molar-refractivity contribution is 0.100. The molecule has 5 nitrogen and oxygen atoms in total. The highest BCUT2D eigenvalue weighted by atomic mass is 32.1. The number of hydrogen-bond acceptors (Lipinski definition) is 5. The highest BCUT2D eigenvalue weighted by Crippen LogP contribution is 2.38. The number of primary amides is 1. The standard InChI is InChI=1S/C19H18F2N4OS/c20-11-4-10(5-12(21)6-11)16-7-14-17(27-16)15(18(22)26)9-24-19(14)25-13-2-1-3-23-8-13/h4-7,9,13,23H,1-3,8H2,(H2,22,26)(H,24,25)/t13-/m0/s1. The Balaban J connectivity index is 1.81. The lowest BCUT2D eigenvalue weighted by Crippen LogP contribution is -2.38. The summed E-state index contributed by atoms with van der Waals surface area (Å²) in [5.74, 6) is -1.25. The maximum absolute atomic E-state index is 13.6. The number of rotatable bonds is 4. The van der Waals surface area contributed by atoms with Gasteiger partial charge in [0.05, 0.1) is 10.3 Å². The third-order valence-electron chi connectivity index (χ3n) is 4.60. The van der Waals surface area contributed by atoms with Gasteiger partial charge < -0.3 is 16.4 Å². The number of pyridine rings is 1. The molecule has 1 aromatic carbocycles. The number of fused-ring (bicyclic) bond motifs is 1. The molecular weight excluding hydrogens is 370 g/mol. The molecule has 4 N–H and O–H groups in total. The number of carbonyl (C=O) groups excluding carboxylic acids is 1. The number of hydrogen-bond donors (Lipinski definition) is 3. The first-order valence-corrected chi connectivity index (χ1v) is 9.49. The Morgan fingerprint density at radius 1 is 1.26 bits per heavy atom. The first-order valence-electron chi connectivity index (χ1n) is 8.67. The number of benzene rings is 1. The van der Waals surface area contributed by atoms with Gasteiger partial charge in [-0.15, -0.1) is 11.3 Å². The molecule has 0 unspecified atom stereocenters. The summed E-state index contributed by atoms with van der Waals surface area (Å²) in [6.07, 6.45) is 3.53. The summed E-state index contributed by atoms with van der Waals surface area (Å²) in [7, 11) is 0. The van der Waals surface area contributed by atoms with Gasteiger partial charge in [-0.3, -0.25) is 4.79 Å². The van der Waals surface area contributed by atoms with E-state index in [1.807, 2.05) is 0 Å². The Bertz CT molecular complexity index is 994. The van der Waals surface area contributed by atoms with E-state index in [2.05, 4.69) is 15.6 Å². The maximum atomic E-state index is 13.6. The molecule has 0 bridgehead atoms. The number of piperidine rings is 1. The normalized spacial score (nSPS) is 17.2. The van der Waals surface area contributed by atoms with Crippen LogP contribution in [0.25, 0.3) is 20.5 Å². The second-order valence-corrected chi connectivity index (χ2v) is 7.64. The van der Waals surface area contributed by atoms with E-state index in [4.69, 9.17) is 5.73 Å². The molecule has 4 rings (SSSR count). The minimum absolute atomic E-state index is 0.226. The van der Waals surface area contributed by atoms with Crippen LogP contribution in [0.3, 0.4) is 0 Å². The predicted molar refractivity (Wildman–Crippen MR) is 103 cm³/mol. The number of aromatic nitrogens is 1. The number of nitrogens with one attached hydrogen (secondary N) is 2. The number of nitrogens with zero attached hydrogens (tertiary/aromatic N) is 1. The van der Waals surface area contributed by atoms with Gasteiger partial charge in [-0.2, -0.15) is 0 Å². The summed E-state index contributed by atoms with van der Waals surface area (Å²) in [4.78, 5) is 16.8. The van der Waals surface area contributed by atoms with Crippen LogP contribution in [-0.2, 0) is 0 Å². The van der Waals surface area contributed by atoms with Crippen LogP contribution in [0, 0.1) is 11.6 Å². The zero-order valence-electron chi connectivity index (χ0n) is 14.4. The first-order chi connectivity index (χ1) is 13.0. The summed E-state index contributed by atoms with van der Waals surface area (Å²) in [5, 5.41) is 7.47. The predicted octanol–water partition coefficient (Wildman–Crippen LogP) is 3.50. The van der Waals surface area contributed by atoms with Gasteiger partial charge in [-0.1, -0.05) is 0 Å². The zero-order valence-corrected chi connectivity index (χ0v) is 15.2. The molecule has 0 radical (unpaired) electrons. The van der Waals surface area contributed by atoms with Crippen molar-refractivity contribution in [2.24, 2.45) is 5.73 Å². The van der Waals surface area contributed by atoms with Crippen LogP contribution in [-0.4, -0.2) is 30.0 Å². The molecule has 3 heterocycles. The Kier molecular flexibility index (Phi) is 4.75. The van der Waals surface area contributed by atoms with Crippen molar-refractivity contribution in [2.45, 2.75) is 18.9 Å². The van der Waals surface area contributed by atoms with Crippen molar-refractivity contribution < 1.29 is 13.6 Å². The molecule has 140 valence electrons.